The monoisotopic (exact) mass is 316 g/mol. The molecule has 0 radical (unpaired) electrons. The molecule has 1 aromatic heterocycles. The highest BCUT2D eigenvalue weighted by Gasteiger charge is 2.16. The number of benzene rings is 1. The second-order valence-electron chi connectivity index (χ2n) is 4.45. The number of hydrogen-bond donors (Lipinski definition) is 1. The first-order chi connectivity index (χ1) is 8.34. The van der Waals surface area contributed by atoms with Crippen molar-refractivity contribution in [1.29, 1.82) is 0 Å². The normalized spacial score (nSPS) is 13.8. The van der Waals surface area contributed by atoms with Crippen LogP contribution in [0.2, 0.25) is 0 Å². The van der Waals surface area contributed by atoms with E-state index in [9.17, 15) is 0 Å². The molecule has 104 valence electrons. The largest absolute Gasteiger partial charge is 0.399 e. The lowest BCUT2D eigenvalue weighted by atomic mass is 10.1. The highest BCUT2D eigenvalue weighted by Crippen LogP contribution is 2.36. The van der Waals surface area contributed by atoms with Crippen molar-refractivity contribution in [2.45, 2.75) is 12.8 Å². The van der Waals surface area contributed by atoms with Gasteiger partial charge in [-0.25, -0.2) is 0 Å². The minimum Gasteiger partial charge on any atom is -0.399 e. The van der Waals surface area contributed by atoms with Crippen molar-refractivity contribution in [2.24, 2.45) is 0 Å². The lowest BCUT2D eigenvalue weighted by molar-refractivity contribution is 0.949. The van der Waals surface area contributed by atoms with Gasteiger partial charge in [0.05, 0.1) is 0 Å². The van der Waals surface area contributed by atoms with E-state index in [1.165, 1.54) is 42.1 Å². The third-order valence-electron chi connectivity index (χ3n) is 3.25. The van der Waals surface area contributed by atoms with E-state index >= 15 is 0 Å². The summed E-state index contributed by atoms with van der Waals surface area (Å²) in [4.78, 5) is 3.77. The summed E-state index contributed by atoms with van der Waals surface area (Å²) in [6.45, 7) is 2.34. The third-order valence-corrected chi connectivity index (χ3v) is 4.16. The van der Waals surface area contributed by atoms with E-state index in [4.69, 9.17) is 5.73 Å². The van der Waals surface area contributed by atoms with Crippen LogP contribution >= 0.6 is 36.2 Å². The van der Waals surface area contributed by atoms with Gasteiger partial charge in [0.25, 0.3) is 0 Å². The fourth-order valence-electron chi connectivity index (χ4n) is 2.42. The number of halogens is 2. The van der Waals surface area contributed by atoms with Gasteiger partial charge >= 0.3 is 0 Å². The fourth-order valence-corrected chi connectivity index (χ4v) is 3.17. The topological polar surface area (TPSA) is 29.3 Å². The lowest BCUT2D eigenvalue weighted by Crippen LogP contribution is -2.18. The number of thiophene rings is 1. The molecule has 2 heterocycles. The van der Waals surface area contributed by atoms with E-state index in [2.05, 4.69) is 34.5 Å². The fraction of sp³-hybridized carbons (Fsp3) is 0.286. The molecule has 3 rings (SSSR count). The first-order valence-corrected chi connectivity index (χ1v) is 6.91. The van der Waals surface area contributed by atoms with Gasteiger partial charge in [-0.05, 0) is 42.5 Å². The van der Waals surface area contributed by atoms with Crippen LogP contribution in [0.4, 0.5) is 11.4 Å². The van der Waals surface area contributed by atoms with Crippen LogP contribution in [-0.2, 0) is 0 Å². The van der Waals surface area contributed by atoms with E-state index in [0.29, 0.717) is 0 Å². The van der Waals surface area contributed by atoms with Crippen molar-refractivity contribution in [3.05, 3.63) is 35.7 Å². The quantitative estimate of drug-likeness (QED) is 0.830. The highest BCUT2D eigenvalue weighted by molar-refractivity contribution is 7.13. The predicted octanol–water partition coefficient (Wildman–Crippen LogP) is 4.44. The Kier molecular flexibility index (Phi) is 5.98. The Labute approximate surface area is 130 Å². The van der Waals surface area contributed by atoms with Crippen molar-refractivity contribution in [3.8, 4) is 10.4 Å². The summed E-state index contributed by atoms with van der Waals surface area (Å²) in [5.74, 6) is 0. The van der Waals surface area contributed by atoms with Crippen LogP contribution in [0.15, 0.2) is 35.7 Å². The van der Waals surface area contributed by atoms with E-state index in [1.807, 2.05) is 6.07 Å². The van der Waals surface area contributed by atoms with Crippen molar-refractivity contribution < 1.29 is 0 Å². The Morgan fingerprint density at radius 3 is 2.42 bits per heavy atom. The molecule has 0 bridgehead atoms. The summed E-state index contributed by atoms with van der Waals surface area (Å²) in [5.41, 5.74) is 9.37. The van der Waals surface area contributed by atoms with Gasteiger partial charge in [0, 0.05) is 34.9 Å². The van der Waals surface area contributed by atoms with Gasteiger partial charge in [-0.2, -0.15) is 0 Å². The number of rotatable bonds is 2. The summed E-state index contributed by atoms with van der Waals surface area (Å²) in [7, 11) is 0. The molecule has 1 aromatic carbocycles. The van der Waals surface area contributed by atoms with Crippen LogP contribution < -0.4 is 10.6 Å². The predicted molar refractivity (Wildman–Crippen MR) is 90.1 cm³/mol. The Bertz CT molecular complexity index is 508. The van der Waals surface area contributed by atoms with Gasteiger partial charge in [0.2, 0.25) is 0 Å². The number of nitrogens with two attached hydrogens (primary N) is 1. The van der Waals surface area contributed by atoms with Gasteiger partial charge < -0.3 is 10.6 Å². The summed E-state index contributed by atoms with van der Waals surface area (Å²) in [5, 5.41) is 2.12. The first kappa shape index (κ1) is 16.2. The zero-order chi connectivity index (χ0) is 11.7. The molecule has 2 N–H and O–H groups in total. The number of nitrogens with zero attached hydrogens (tertiary/aromatic N) is 1. The van der Waals surface area contributed by atoms with Crippen LogP contribution in [0.25, 0.3) is 10.4 Å². The Morgan fingerprint density at radius 2 is 1.79 bits per heavy atom. The minimum absolute atomic E-state index is 0. The van der Waals surface area contributed by atoms with Gasteiger partial charge in [-0.3, -0.25) is 0 Å². The van der Waals surface area contributed by atoms with Crippen LogP contribution in [0.5, 0.6) is 0 Å². The SMILES string of the molecule is Cl.Cl.Nc1ccc(N2CCCC2)c(-c2cccs2)c1. The molecular formula is C14H18Cl2N2S. The maximum atomic E-state index is 5.92. The highest BCUT2D eigenvalue weighted by atomic mass is 35.5. The van der Waals surface area contributed by atoms with Gasteiger partial charge in [0.15, 0.2) is 0 Å². The average molecular weight is 317 g/mol. The van der Waals surface area contributed by atoms with E-state index < -0.39 is 0 Å². The standard InChI is InChI=1S/C14H16N2S.2ClH/c15-11-5-6-13(16-7-1-2-8-16)12(10-11)14-4-3-9-17-14;;/h3-6,9-10H,1-2,7-8,15H2;2*1H. The Balaban J connectivity index is 0.000000902. The van der Waals surface area contributed by atoms with Gasteiger partial charge in [0.1, 0.15) is 0 Å². The molecule has 1 aliphatic rings. The summed E-state index contributed by atoms with van der Waals surface area (Å²) < 4.78 is 0. The molecule has 0 atom stereocenters. The van der Waals surface area contributed by atoms with Crippen molar-refractivity contribution in [2.75, 3.05) is 23.7 Å². The molecule has 0 aliphatic carbocycles. The molecule has 5 heteroatoms. The average Bonchev–Trinajstić information content (AvgIpc) is 3.02. The number of hydrogen-bond acceptors (Lipinski definition) is 3. The lowest BCUT2D eigenvalue weighted by Gasteiger charge is -2.21. The van der Waals surface area contributed by atoms with Crippen molar-refractivity contribution in [1.82, 2.24) is 0 Å². The van der Waals surface area contributed by atoms with Crippen molar-refractivity contribution in [3.63, 3.8) is 0 Å². The first-order valence-electron chi connectivity index (χ1n) is 6.03. The molecule has 1 fully saturated rings. The molecule has 0 spiro atoms. The summed E-state index contributed by atoms with van der Waals surface area (Å²) >= 11 is 1.78. The molecule has 0 saturated carbocycles. The maximum Gasteiger partial charge on any atom is 0.0455 e. The van der Waals surface area contributed by atoms with E-state index in [-0.39, 0.29) is 24.8 Å². The Hall–Kier alpha value is -0.900. The van der Waals surface area contributed by atoms with Crippen LogP contribution in [0, 0.1) is 0 Å². The molecule has 0 unspecified atom stereocenters. The van der Waals surface area contributed by atoms with E-state index in [0.717, 1.165) is 5.69 Å². The molecular weight excluding hydrogens is 299 g/mol. The van der Waals surface area contributed by atoms with Crippen LogP contribution in [0.1, 0.15) is 12.8 Å². The molecule has 1 aliphatic heterocycles. The Morgan fingerprint density at radius 1 is 1.05 bits per heavy atom. The maximum absolute atomic E-state index is 5.92. The third kappa shape index (κ3) is 3.35. The minimum atomic E-state index is 0. The van der Waals surface area contributed by atoms with Crippen LogP contribution in [-0.4, -0.2) is 13.1 Å². The molecule has 2 nitrogen and oxygen atoms in total. The number of nitrogen functional groups attached to an aromatic ring is 1. The van der Waals surface area contributed by atoms with Crippen molar-refractivity contribution >= 4 is 47.5 Å². The molecule has 1 saturated heterocycles. The number of anilines is 2. The zero-order valence-corrected chi connectivity index (χ0v) is 13.0. The van der Waals surface area contributed by atoms with Gasteiger partial charge in [-0.1, -0.05) is 6.07 Å². The summed E-state index contributed by atoms with van der Waals surface area (Å²) in [6.07, 6.45) is 2.60. The molecule has 2 aromatic rings. The molecule has 0 amide bonds. The van der Waals surface area contributed by atoms with Crippen LogP contribution in [0.3, 0.4) is 0 Å². The van der Waals surface area contributed by atoms with Gasteiger partial charge in [-0.15, -0.1) is 36.2 Å². The van der Waals surface area contributed by atoms with E-state index in [1.54, 1.807) is 11.3 Å². The zero-order valence-electron chi connectivity index (χ0n) is 10.5. The molecule has 19 heavy (non-hydrogen) atoms. The second-order valence-corrected chi connectivity index (χ2v) is 5.40. The summed E-state index contributed by atoms with van der Waals surface area (Å²) in [6, 6.07) is 10.5. The smallest absolute Gasteiger partial charge is 0.0455 e. The second kappa shape index (κ2) is 7.04.